The highest BCUT2D eigenvalue weighted by Crippen LogP contribution is 2.22. The maximum absolute atomic E-state index is 5.20. The van der Waals surface area contributed by atoms with Crippen molar-refractivity contribution >= 4 is 0 Å². The Bertz CT molecular complexity index is 165. The number of terminal acetylenes is 1. The summed E-state index contributed by atoms with van der Waals surface area (Å²) in [5.41, 5.74) is 0.521. The summed E-state index contributed by atoms with van der Waals surface area (Å²) in [5, 5.41) is 0. The van der Waals surface area contributed by atoms with Crippen molar-refractivity contribution in [2.75, 3.05) is 0 Å². The molecule has 88 valence electrons. The molecule has 0 aromatic rings. The van der Waals surface area contributed by atoms with Crippen molar-refractivity contribution in [1.29, 1.82) is 0 Å². The molecule has 0 aliphatic rings. The van der Waals surface area contributed by atoms with E-state index in [4.69, 9.17) is 6.42 Å². The lowest BCUT2D eigenvalue weighted by Gasteiger charge is -2.17. The van der Waals surface area contributed by atoms with Crippen molar-refractivity contribution in [1.82, 2.24) is 0 Å². The van der Waals surface area contributed by atoms with Gasteiger partial charge < -0.3 is 0 Å². The van der Waals surface area contributed by atoms with E-state index in [2.05, 4.69) is 26.7 Å². The summed E-state index contributed by atoms with van der Waals surface area (Å²) in [4.78, 5) is 0. The van der Waals surface area contributed by atoms with Crippen LogP contribution in [0.1, 0.15) is 78.6 Å². The summed E-state index contributed by atoms with van der Waals surface area (Å²) < 4.78 is 0. The van der Waals surface area contributed by atoms with Crippen LogP contribution in [0, 0.1) is 17.8 Å². The fraction of sp³-hybridized carbons (Fsp3) is 0.867. The number of rotatable bonds is 8. The molecule has 0 aliphatic carbocycles. The fourth-order valence-electron chi connectivity index (χ4n) is 1.77. The first-order valence-electron chi connectivity index (χ1n) is 6.50. The Hall–Kier alpha value is -0.440. The van der Waals surface area contributed by atoms with Crippen LogP contribution < -0.4 is 0 Å². The molecule has 0 nitrogen and oxygen atoms in total. The average molecular weight is 208 g/mol. The molecule has 0 heteroatoms. The Balaban J connectivity index is 3.03. The van der Waals surface area contributed by atoms with Gasteiger partial charge in [0, 0.05) is 6.42 Å². The van der Waals surface area contributed by atoms with Gasteiger partial charge in [0.05, 0.1) is 0 Å². The molecular weight excluding hydrogens is 180 g/mol. The molecule has 0 N–H and O–H groups in total. The van der Waals surface area contributed by atoms with Gasteiger partial charge in [0.25, 0.3) is 0 Å². The largest absolute Gasteiger partial charge is 0.120 e. The summed E-state index contributed by atoms with van der Waals surface area (Å²) >= 11 is 0. The van der Waals surface area contributed by atoms with Crippen LogP contribution in [-0.4, -0.2) is 0 Å². The molecule has 0 fully saturated rings. The monoisotopic (exact) mass is 208 g/mol. The van der Waals surface area contributed by atoms with Gasteiger partial charge >= 0.3 is 0 Å². The normalized spacial score (nSPS) is 11.3. The topological polar surface area (TPSA) is 0 Å². The van der Waals surface area contributed by atoms with Crippen LogP contribution in [0.4, 0.5) is 0 Å². The maximum atomic E-state index is 5.20. The van der Waals surface area contributed by atoms with Gasteiger partial charge in [0.1, 0.15) is 0 Å². The lowest BCUT2D eigenvalue weighted by Crippen LogP contribution is -2.03. The molecule has 0 aromatic carbocycles. The summed E-state index contributed by atoms with van der Waals surface area (Å²) in [6.07, 6.45) is 17.1. The molecule has 0 rings (SSSR count). The van der Waals surface area contributed by atoms with Crippen LogP contribution >= 0.6 is 0 Å². The van der Waals surface area contributed by atoms with E-state index in [1.807, 2.05) is 0 Å². The molecule has 0 amide bonds. The zero-order valence-corrected chi connectivity index (χ0v) is 10.9. The van der Waals surface area contributed by atoms with Crippen LogP contribution in [0.3, 0.4) is 0 Å². The highest BCUT2D eigenvalue weighted by atomic mass is 14.1. The fourth-order valence-corrected chi connectivity index (χ4v) is 1.77. The Morgan fingerprint density at radius 3 is 1.73 bits per heavy atom. The minimum Gasteiger partial charge on any atom is -0.120 e. The molecular formula is C15H28. The van der Waals surface area contributed by atoms with E-state index in [1.54, 1.807) is 0 Å². The van der Waals surface area contributed by atoms with Crippen molar-refractivity contribution < 1.29 is 0 Å². The van der Waals surface area contributed by atoms with Gasteiger partial charge in [-0.1, -0.05) is 59.3 Å². The first kappa shape index (κ1) is 14.6. The predicted molar refractivity (Wildman–Crippen MR) is 69.8 cm³/mol. The first-order chi connectivity index (χ1) is 7.06. The molecule has 0 saturated heterocycles. The van der Waals surface area contributed by atoms with Gasteiger partial charge in [-0.15, -0.1) is 12.3 Å². The van der Waals surface area contributed by atoms with Gasteiger partial charge in [-0.05, 0) is 18.3 Å². The van der Waals surface area contributed by atoms with Crippen LogP contribution in [0.5, 0.6) is 0 Å². The zero-order chi connectivity index (χ0) is 11.6. The molecule has 15 heavy (non-hydrogen) atoms. The van der Waals surface area contributed by atoms with Crippen molar-refractivity contribution in [2.24, 2.45) is 5.41 Å². The van der Waals surface area contributed by atoms with Crippen LogP contribution in [0.15, 0.2) is 0 Å². The van der Waals surface area contributed by atoms with Crippen LogP contribution in [-0.2, 0) is 0 Å². The molecule has 0 saturated carbocycles. The van der Waals surface area contributed by atoms with Crippen LogP contribution in [0.25, 0.3) is 0 Å². The minimum absolute atomic E-state index is 0.521. The predicted octanol–water partition coefficient (Wildman–Crippen LogP) is 5.18. The molecule has 0 aromatic heterocycles. The Kier molecular flexibility index (Phi) is 8.58. The number of hydrogen-bond acceptors (Lipinski definition) is 0. The van der Waals surface area contributed by atoms with E-state index in [9.17, 15) is 0 Å². The second-order valence-corrected chi connectivity index (χ2v) is 5.74. The highest BCUT2D eigenvalue weighted by Gasteiger charge is 2.08. The molecule has 0 aliphatic heterocycles. The molecule has 0 atom stereocenters. The summed E-state index contributed by atoms with van der Waals surface area (Å²) in [5.74, 6) is 2.70. The van der Waals surface area contributed by atoms with Gasteiger partial charge in [0.15, 0.2) is 0 Å². The molecule has 0 unspecified atom stereocenters. The van der Waals surface area contributed by atoms with Crippen molar-refractivity contribution in [3.63, 3.8) is 0 Å². The third-order valence-electron chi connectivity index (χ3n) is 2.75. The molecule has 0 bridgehead atoms. The molecule has 0 radical (unpaired) electrons. The van der Waals surface area contributed by atoms with Gasteiger partial charge in [-0.3, -0.25) is 0 Å². The quantitative estimate of drug-likeness (QED) is 0.381. The Morgan fingerprint density at radius 2 is 1.27 bits per heavy atom. The van der Waals surface area contributed by atoms with E-state index in [0.29, 0.717) is 5.41 Å². The summed E-state index contributed by atoms with van der Waals surface area (Å²) in [6, 6.07) is 0. The van der Waals surface area contributed by atoms with Gasteiger partial charge in [0.2, 0.25) is 0 Å². The maximum Gasteiger partial charge on any atom is 0.00860 e. The molecule has 0 spiro atoms. The number of unbranched alkanes of at least 4 members (excludes halogenated alkanes) is 7. The first-order valence-corrected chi connectivity index (χ1v) is 6.50. The lowest BCUT2D eigenvalue weighted by atomic mass is 9.89. The third-order valence-corrected chi connectivity index (χ3v) is 2.75. The lowest BCUT2D eigenvalue weighted by molar-refractivity contribution is 0.356. The Morgan fingerprint density at radius 1 is 0.800 bits per heavy atom. The summed E-state index contributed by atoms with van der Waals surface area (Å²) in [6.45, 7) is 6.98. The van der Waals surface area contributed by atoms with Crippen molar-refractivity contribution in [2.45, 2.75) is 78.6 Å². The Labute approximate surface area is 96.8 Å². The van der Waals surface area contributed by atoms with E-state index in [0.717, 1.165) is 6.42 Å². The second kappa shape index (κ2) is 8.84. The zero-order valence-electron chi connectivity index (χ0n) is 10.9. The smallest absolute Gasteiger partial charge is 0.00860 e. The van der Waals surface area contributed by atoms with E-state index >= 15 is 0 Å². The molecule has 0 heterocycles. The second-order valence-electron chi connectivity index (χ2n) is 5.74. The van der Waals surface area contributed by atoms with E-state index in [1.165, 1.54) is 51.4 Å². The van der Waals surface area contributed by atoms with E-state index in [-0.39, 0.29) is 0 Å². The van der Waals surface area contributed by atoms with Crippen molar-refractivity contribution in [3.05, 3.63) is 0 Å². The third kappa shape index (κ3) is 13.6. The SMILES string of the molecule is C#CCCCCCCCCCC(C)(C)C. The highest BCUT2D eigenvalue weighted by molar-refractivity contribution is 4.82. The van der Waals surface area contributed by atoms with E-state index < -0.39 is 0 Å². The number of hydrogen-bond donors (Lipinski definition) is 0. The summed E-state index contributed by atoms with van der Waals surface area (Å²) in [7, 11) is 0. The average Bonchev–Trinajstić information content (AvgIpc) is 2.14. The van der Waals surface area contributed by atoms with Crippen LogP contribution in [0.2, 0.25) is 0 Å². The standard InChI is InChI=1S/C15H28/c1-5-6-7-8-9-10-11-12-13-14-15(2,3)4/h1H,6-14H2,2-4H3. The van der Waals surface area contributed by atoms with Gasteiger partial charge in [-0.25, -0.2) is 0 Å². The minimum atomic E-state index is 0.521. The van der Waals surface area contributed by atoms with Gasteiger partial charge in [-0.2, -0.15) is 0 Å². The van der Waals surface area contributed by atoms with Crippen molar-refractivity contribution in [3.8, 4) is 12.3 Å².